The van der Waals surface area contributed by atoms with Crippen LogP contribution in [0.1, 0.15) is 42.3 Å². The van der Waals surface area contributed by atoms with Crippen molar-refractivity contribution in [2.24, 2.45) is 0 Å². The van der Waals surface area contributed by atoms with Crippen LogP contribution in [0, 0.1) is 0 Å². The maximum absolute atomic E-state index is 12.9. The van der Waals surface area contributed by atoms with Crippen molar-refractivity contribution in [3.63, 3.8) is 0 Å². The molecule has 0 aliphatic rings. The largest absolute Gasteiger partial charge is 0.457 e. The smallest absolute Gasteiger partial charge is 0.339 e. The van der Waals surface area contributed by atoms with Crippen molar-refractivity contribution in [1.82, 2.24) is 4.98 Å². The van der Waals surface area contributed by atoms with E-state index in [4.69, 9.17) is 9.72 Å². The number of pyridine rings is 1. The monoisotopic (exact) mass is 401 g/mol. The number of thiophene rings is 1. The van der Waals surface area contributed by atoms with Gasteiger partial charge in [-0.1, -0.05) is 69.3 Å². The van der Waals surface area contributed by atoms with Gasteiger partial charge in [0.15, 0.2) is 0 Å². The zero-order valence-electron chi connectivity index (χ0n) is 16.8. The third-order valence-corrected chi connectivity index (χ3v) is 5.79. The topological polar surface area (TPSA) is 39.2 Å². The van der Waals surface area contributed by atoms with Crippen LogP contribution in [0.2, 0.25) is 0 Å². The average molecular weight is 402 g/mol. The molecule has 2 aromatic heterocycles. The van der Waals surface area contributed by atoms with E-state index in [1.54, 1.807) is 11.3 Å². The van der Waals surface area contributed by atoms with E-state index in [9.17, 15) is 4.79 Å². The number of benzene rings is 2. The van der Waals surface area contributed by atoms with Gasteiger partial charge in [-0.3, -0.25) is 0 Å². The summed E-state index contributed by atoms with van der Waals surface area (Å²) in [4.78, 5) is 18.7. The fourth-order valence-corrected chi connectivity index (χ4v) is 3.91. The predicted molar refractivity (Wildman–Crippen MR) is 119 cm³/mol. The highest BCUT2D eigenvalue weighted by atomic mass is 32.1. The van der Waals surface area contributed by atoms with Crippen LogP contribution < -0.4 is 0 Å². The molecule has 146 valence electrons. The number of hydrogen-bond acceptors (Lipinski definition) is 4. The number of aromatic nitrogens is 1. The summed E-state index contributed by atoms with van der Waals surface area (Å²) in [5.41, 5.74) is 4.46. The molecule has 0 fully saturated rings. The van der Waals surface area contributed by atoms with Gasteiger partial charge in [-0.25, -0.2) is 9.78 Å². The van der Waals surface area contributed by atoms with Crippen molar-refractivity contribution in [2.45, 2.75) is 32.8 Å². The Labute approximate surface area is 175 Å². The van der Waals surface area contributed by atoms with Gasteiger partial charge < -0.3 is 4.74 Å². The number of rotatable bonds is 4. The molecule has 0 radical (unpaired) electrons. The molecule has 0 bridgehead atoms. The maximum Gasteiger partial charge on any atom is 0.339 e. The van der Waals surface area contributed by atoms with Crippen molar-refractivity contribution in [2.75, 3.05) is 0 Å². The van der Waals surface area contributed by atoms with Gasteiger partial charge in [0.1, 0.15) is 6.61 Å². The number of fused-ring (bicyclic) bond motifs is 1. The Balaban J connectivity index is 1.60. The zero-order valence-corrected chi connectivity index (χ0v) is 17.6. The number of nitrogens with zero attached hydrogens (tertiary/aromatic N) is 1. The highest BCUT2D eigenvalue weighted by Gasteiger charge is 2.16. The molecular weight excluding hydrogens is 378 g/mol. The first-order chi connectivity index (χ1) is 13.9. The van der Waals surface area contributed by atoms with Gasteiger partial charge in [0.25, 0.3) is 0 Å². The first-order valence-electron chi connectivity index (χ1n) is 9.62. The van der Waals surface area contributed by atoms with Crippen LogP contribution in [0.3, 0.4) is 0 Å². The second-order valence-corrected chi connectivity index (χ2v) is 9.02. The second-order valence-electron chi connectivity index (χ2n) is 8.07. The molecule has 0 atom stereocenters. The zero-order chi connectivity index (χ0) is 20.4. The summed E-state index contributed by atoms with van der Waals surface area (Å²) in [6.45, 7) is 6.79. The first kappa shape index (κ1) is 19.3. The summed E-state index contributed by atoms with van der Waals surface area (Å²) >= 11 is 1.60. The van der Waals surface area contributed by atoms with Gasteiger partial charge in [-0.2, -0.15) is 0 Å². The summed E-state index contributed by atoms with van der Waals surface area (Å²) in [6, 6.07) is 21.7. The Morgan fingerprint density at radius 2 is 1.76 bits per heavy atom. The molecule has 0 saturated heterocycles. The molecule has 0 aliphatic carbocycles. The highest BCUT2D eigenvalue weighted by molar-refractivity contribution is 7.13. The first-order valence-corrected chi connectivity index (χ1v) is 10.5. The second kappa shape index (κ2) is 7.80. The number of hydrogen-bond donors (Lipinski definition) is 0. The molecule has 0 N–H and O–H groups in total. The Bertz CT molecular complexity index is 1140. The lowest BCUT2D eigenvalue weighted by Gasteiger charge is -2.19. The predicted octanol–water partition coefficient (Wildman–Crippen LogP) is 6.62. The van der Waals surface area contributed by atoms with E-state index in [1.165, 1.54) is 5.56 Å². The molecule has 2 aromatic carbocycles. The van der Waals surface area contributed by atoms with E-state index in [2.05, 4.69) is 32.9 Å². The highest BCUT2D eigenvalue weighted by Crippen LogP contribution is 2.28. The van der Waals surface area contributed by atoms with E-state index in [0.29, 0.717) is 5.56 Å². The van der Waals surface area contributed by atoms with Crippen LogP contribution in [0.15, 0.2) is 72.1 Å². The van der Waals surface area contributed by atoms with E-state index in [1.807, 2.05) is 60.0 Å². The van der Waals surface area contributed by atoms with Crippen molar-refractivity contribution in [1.29, 1.82) is 0 Å². The molecule has 0 saturated carbocycles. The van der Waals surface area contributed by atoms with E-state index in [-0.39, 0.29) is 18.0 Å². The summed E-state index contributed by atoms with van der Waals surface area (Å²) in [6.07, 6.45) is 0. The minimum absolute atomic E-state index is 0.101. The van der Waals surface area contributed by atoms with Gasteiger partial charge in [0.05, 0.1) is 21.7 Å². The molecule has 4 heteroatoms. The van der Waals surface area contributed by atoms with Crippen molar-refractivity contribution in [3.8, 4) is 10.6 Å². The number of carbonyl (C=O) groups excluding carboxylic acids is 1. The lowest BCUT2D eigenvalue weighted by Crippen LogP contribution is -2.11. The minimum Gasteiger partial charge on any atom is -0.457 e. The van der Waals surface area contributed by atoms with Crippen LogP contribution in [0.5, 0.6) is 0 Å². The molecule has 0 unspecified atom stereocenters. The van der Waals surface area contributed by atoms with Crippen LogP contribution >= 0.6 is 11.3 Å². The summed E-state index contributed by atoms with van der Waals surface area (Å²) in [7, 11) is 0. The van der Waals surface area contributed by atoms with Crippen molar-refractivity contribution >= 4 is 28.2 Å². The van der Waals surface area contributed by atoms with E-state index >= 15 is 0 Å². The molecule has 0 aliphatic heterocycles. The maximum atomic E-state index is 12.9. The Morgan fingerprint density at radius 3 is 2.45 bits per heavy atom. The van der Waals surface area contributed by atoms with Crippen LogP contribution in [0.25, 0.3) is 21.5 Å². The summed E-state index contributed by atoms with van der Waals surface area (Å²) in [5.74, 6) is -0.332. The number of esters is 1. The van der Waals surface area contributed by atoms with Gasteiger partial charge in [0, 0.05) is 5.39 Å². The van der Waals surface area contributed by atoms with Crippen molar-refractivity contribution < 1.29 is 9.53 Å². The molecule has 2 heterocycles. The SMILES string of the molecule is CC(C)(C)c1ccc(COC(=O)c2cc(-c3cccs3)nc3ccccc23)cc1. The molecule has 0 spiro atoms. The average Bonchev–Trinajstić information content (AvgIpc) is 3.26. The Hall–Kier alpha value is -2.98. The number of ether oxygens (including phenoxy) is 1. The molecule has 3 nitrogen and oxygen atoms in total. The van der Waals surface area contributed by atoms with Gasteiger partial charge >= 0.3 is 5.97 Å². The van der Waals surface area contributed by atoms with Gasteiger partial charge in [-0.05, 0) is 40.1 Å². The molecule has 0 amide bonds. The summed E-state index contributed by atoms with van der Waals surface area (Å²) in [5, 5.41) is 2.81. The van der Waals surface area contributed by atoms with Crippen LogP contribution in [-0.2, 0) is 16.8 Å². The third kappa shape index (κ3) is 4.22. The van der Waals surface area contributed by atoms with Crippen LogP contribution in [-0.4, -0.2) is 11.0 Å². The minimum atomic E-state index is -0.332. The normalized spacial score (nSPS) is 11.6. The van der Waals surface area contributed by atoms with Crippen LogP contribution in [0.4, 0.5) is 0 Å². The van der Waals surface area contributed by atoms with Gasteiger partial charge in [-0.15, -0.1) is 11.3 Å². The molecule has 4 rings (SSSR count). The Kier molecular flexibility index (Phi) is 5.20. The molecule has 4 aromatic rings. The quantitative estimate of drug-likeness (QED) is 0.361. The lowest BCUT2D eigenvalue weighted by molar-refractivity contribution is 0.0475. The molecule has 29 heavy (non-hydrogen) atoms. The van der Waals surface area contributed by atoms with Crippen molar-refractivity contribution in [3.05, 3.63) is 88.8 Å². The fourth-order valence-electron chi connectivity index (χ4n) is 3.22. The summed E-state index contributed by atoms with van der Waals surface area (Å²) < 4.78 is 5.66. The third-order valence-electron chi connectivity index (χ3n) is 4.90. The van der Waals surface area contributed by atoms with Gasteiger partial charge in [0.2, 0.25) is 0 Å². The number of carbonyl (C=O) groups is 1. The Morgan fingerprint density at radius 1 is 1.00 bits per heavy atom. The van der Waals surface area contributed by atoms with E-state index < -0.39 is 0 Å². The fraction of sp³-hybridized carbons (Fsp3) is 0.200. The standard InChI is InChI=1S/C25H23NO2S/c1-25(2,3)18-12-10-17(11-13-18)16-28-24(27)20-15-22(23-9-6-14-29-23)26-21-8-5-4-7-19(20)21/h4-15H,16H2,1-3H3. The van der Waals surface area contributed by atoms with E-state index in [0.717, 1.165) is 27.0 Å². The number of para-hydroxylation sites is 1. The molecular formula is C25H23NO2S. The lowest BCUT2D eigenvalue weighted by atomic mass is 9.87.